The molecule has 1 atom stereocenters. The Labute approximate surface area is 124 Å². The van der Waals surface area contributed by atoms with Crippen molar-refractivity contribution in [3.05, 3.63) is 18.0 Å². The van der Waals surface area contributed by atoms with Gasteiger partial charge in [0.05, 0.1) is 0 Å². The molecule has 0 aliphatic rings. The number of carbonyl (C=O) groups excluding carboxylic acids is 1. The maximum absolute atomic E-state index is 12.1. The van der Waals surface area contributed by atoms with Crippen LogP contribution < -0.4 is 5.32 Å². The van der Waals surface area contributed by atoms with Gasteiger partial charge in [-0.1, -0.05) is 27.7 Å². The van der Waals surface area contributed by atoms with Gasteiger partial charge in [-0.25, -0.2) is 8.42 Å². The molecule has 0 aliphatic heterocycles. The summed E-state index contributed by atoms with van der Waals surface area (Å²) in [5, 5.41) is 2.81. The van der Waals surface area contributed by atoms with Gasteiger partial charge in [0.2, 0.25) is 0 Å². The molecule has 1 unspecified atom stereocenters. The van der Waals surface area contributed by atoms with Gasteiger partial charge in [-0.15, -0.1) is 0 Å². The number of amides is 1. The van der Waals surface area contributed by atoms with E-state index in [1.165, 1.54) is 16.8 Å². The molecule has 1 amide bonds. The lowest BCUT2D eigenvalue weighted by Gasteiger charge is -2.27. The predicted octanol–water partition coefficient (Wildman–Crippen LogP) is 2.36. The zero-order chi connectivity index (χ0) is 15.7. The van der Waals surface area contributed by atoms with E-state index in [0.29, 0.717) is 12.5 Å². The molecule has 5 nitrogen and oxygen atoms in total. The fourth-order valence-corrected chi connectivity index (χ4v) is 2.33. The van der Waals surface area contributed by atoms with Crippen molar-refractivity contribution in [1.29, 1.82) is 0 Å². The zero-order valence-corrected chi connectivity index (χ0v) is 14.0. The van der Waals surface area contributed by atoms with E-state index in [4.69, 9.17) is 10.7 Å². The molecule has 0 spiro atoms. The van der Waals surface area contributed by atoms with Crippen molar-refractivity contribution in [2.45, 2.75) is 32.6 Å². The summed E-state index contributed by atoms with van der Waals surface area (Å²) in [6, 6.07) is 1.28. The Morgan fingerprint density at radius 3 is 2.40 bits per heavy atom. The predicted molar refractivity (Wildman–Crippen MR) is 79.4 cm³/mol. The first-order valence-electron chi connectivity index (χ1n) is 6.32. The topological polar surface area (TPSA) is 68.2 Å². The zero-order valence-electron chi connectivity index (χ0n) is 12.4. The second kappa shape index (κ2) is 5.77. The number of hydrogen-bond donors (Lipinski definition) is 1. The van der Waals surface area contributed by atoms with Gasteiger partial charge in [-0.3, -0.25) is 4.79 Å². The lowest BCUT2D eigenvalue weighted by molar-refractivity contribution is 0.0929. The van der Waals surface area contributed by atoms with E-state index in [9.17, 15) is 13.2 Å². The van der Waals surface area contributed by atoms with Gasteiger partial charge >= 0.3 is 0 Å². The molecule has 1 N–H and O–H groups in total. The SMILES string of the molecule is CC(CNC(=O)c1cc(S(=O)(=O)Cl)cn1C)C(C)(C)C. The molecule has 20 heavy (non-hydrogen) atoms. The molecule has 1 rings (SSSR count). The van der Waals surface area contributed by atoms with E-state index in [1.807, 2.05) is 0 Å². The molecule has 0 bridgehead atoms. The van der Waals surface area contributed by atoms with Crippen molar-refractivity contribution in [3.8, 4) is 0 Å². The third-order valence-electron chi connectivity index (χ3n) is 3.54. The summed E-state index contributed by atoms with van der Waals surface area (Å²) in [6.45, 7) is 8.88. The molecule has 0 aliphatic carbocycles. The van der Waals surface area contributed by atoms with Gasteiger partial charge in [0.15, 0.2) is 0 Å². The second-order valence-corrected chi connectivity index (χ2v) is 8.65. The number of aryl methyl sites for hydroxylation is 1. The number of rotatable bonds is 4. The smallest absolute Gasteiger partial charge is 0.267 e. The van der Waals surface area contributed by atoms with Crippen molar-refractivity contribution in [3.63, 3.8) is 0 Å². The lowest BCUT2D eigenvalue weighted by atomic mass is 9.82. The van der Waals surface area contributed by atoms with Crippen LogP contribution in [0.3, 0.4) is 0 Å². The second-order valence-electron chi connectivity index (χ2n) is 6.09. The van der Waals surface area contributed by atoms with Gasteiger partial charge in [0, 0.05) is 30.5 Å². The Balaban J connectivity index is 2.82. The minimum Gasteiger partial charge on any atom is -0.350 e. The summed E-state index contributed by atoms with van der Waals surface area (Å²) in [5.74, 6) is -0.0156. The standard InChI is InChI=1S/C13H21ClN2O3S/c1-9(13(2,3)4)7-15-12(17)11-6-10(8-16(11)5)20(14,18)19/h6,8-9H,7H2,1-5H3,(H,15,17). The fourth-order valence-electron chi connectivity index (χ4n) is 1.54. The minimum absolute atomic E-state index is 0.0734. The van der Waals surface area contributed by atoms with Gasteiger partial charge in [0.25, 0.3) is 15.0 Å². The fraction of sp³-hybridized carbons (Fsp3) is 0.615. The van der Waals surface area contributed by atoms with Gasteiger partial charge in [0.1, 0.15) is 10.6 Å². The molecule has 1 heterocycles. The van der Waals surface area contributed by atoms with Crippen molar-refractivity contribution < 1.29 is 13.2 Å². The average molecular weight is 321 g/mol. The first kappa shape index (κ1) is 17.0. The first-order chi connectivity index (χ1) is 8.93. The van der Waals surface area contributed by atoms with Gasteiger partial charge in [-0.05, 0) is 17.4 Å². The third-order valence-corrected chi connectivity index (χ3v) is 4.86. The van der Waals surface area contributed by atoms with Crippen LogP contribution in [-0.4, -0.2) is 25.4 Å². The third kappa shape index (κ3) is 4.24. The van der Waals surface area contributed by atoms with Crippen LogP contribution in [0.4, 0.5) is 0 Å². The highest BCUT2D eigenvalue weighted by Gasteiger charge is 2.22. The number of hydrogen-bond acceptors (Lipinski definition) is 3. The van der Waals surface area contributed by atoms with Crippen molar-refractivity contribution in [1.82, 2.24) is 9.88 Å². The minimum atomic E-state index is -3.82. The maximum Gasteiger partial charge on any atom is 0.267 e. The molecule has 0 saturated heterocycles. The van der Waals surface area contributed by atoms with Crippen LogP contribution in [0.1, 0.15) is 38.2 Å². The molecule has 0 saturated carbocycles. The Bertz CT molecular complexity index is 600. The van der Waals surface area contributed by atoms with Crippen LogP contribution >= 0.6 is 10.7 Å². The van der Waals surface area contributed by atoms with Crippen molar-refractivity contribution >= 4 is 25.6 Å². The molecule has 7 heteroatoms. The molecule has 114 valence electrons. The van der Waals surface area contributed by atoms with Crippen LogP contribution in [0.25, 0.3) is 0 Å². The molecule has 1 aromatic heterocycles. The van der Waals surface area contributed by atoms with Crippen molar-refractivity contribution in [2.75, 3.05) is 6.54 Å². The number of aromatic nitrogens is 1. The van der Waals surface area contributed by atoms with Crippen LogP contribution in [-0.2, 0) is 16.1 Å². The van der Waals surface area contributed by atoms with Crippen molar-refractivity contribution in [2.24, 2.45) is 18.4 Å². The Morgan fingerprint density at radius 1 is 1.45 bits per heavy atom. The lowest BCUT2D eigenvalue weighted by Crippen LogP contribution is -2.34. The summed E-state index contributed by atoms with van der Waals surface area (Å²) in [6.07, 6.45) is 1.32. The highest BCUT2D eigenvalue weighted by atomic mass is 35.7. The monoisotopic (exact) mass is 320 g/mol. The number of nitrogens with one attached hydrogen (secondary N) is 1. The number of carbonyl (C=O) groups is 1. The van der Waals surface area contributed by atoms with Crippen LogP contribution in [0.5, 0.6) is 0 Å². The Hall–Kier alpha value is -1.01. The molecule has 0 fully saturated rings. The number of halogens is 1. The summed E-state index contributed by atoms with van der Waals surface area (Å²) < 4.78 is 23.9. The van der Waals surface area contributed by atoms with E-state index in [2.05, 4.69) is 33.0 Å². The van der Waals surface area contributed by atoms with Crippen LogP contribution in [0.2, 0.25) is 0 Å². The number of nitrogens with zero attached hydrogens (tertiary/aromatic N) is 1. The summed E-state index contributed by atoms with van der Waals surface area (Å²) in [4.78, 5) is 12.0. The Morgan fingerprint density at radius 2 is 2.00 bits per heavy atom. The molecular formula is C13H21ClN2O3S. The van der Waals surface area contributed by atoms with Crippen LogP contribution in [0, 0.1) is 11.3 Å². The van der Waals surface area contributed by atoms with Gasteiger partial charge < -0.3 is 9.88 Å². The summed E-state index contributed by atoms with van der Waals surface area (Å²) >= 11 is 0. The largest absolute Gasteiger partial charge is 0.350 e. The normalized spacial score (nSPS) is 14.1. The molecule has 0 aromatic carbocycles. The van der Waals surface area contributed by atoms with E-state index < -0.39 is 9.05 Å². The quantitative estimate of drug-likeness (QED) is 0.866. The Kier molecular flexibility index (Phi) is 4.92. The summed E-state index contributed by atoms with van der Waals surface area (Å²) in [5.41, 5.74) is 0.358. The highest BCUT2D eigenvalue weighted by molar-refractivity contribution is 8.13. The molecule has 1 aromatic rings. The van der Waals surface area contributed by atoms with Crippen LogP contribution in [0.15, 0.2) is 17.2 Å². The summed E-state index contributed by atoms with van der Waals surface area (Å²) in [7, 11) is 3.05. The van der Waals surface area contributed by atoms with E-state index in [1.54, 1.807) is 7.05 Å². The maximum atomic E-state index is 12.1. The van der Waals surface area contributed by atoms with E-state index >= 15 is 0 Å². The highest BCUT2D eigenvalue weighted by Crippen LogP contribution is 2.24. The van der Waals surface area contributed by atoms with Gasteiger partial charge in [-0.2, -0.15) is 0 Å². The average Bonchev–Trinajstić information content (AvgIpc) is 2.66. The molecular weight excluding hydrogens is 300 g/mol. The van der Waals surface area contributed by atoms with E-state index in [0.717, 1.165) is 0 Å². The van der Waals surface area contributed by atoms with E-state index in [-0.39, 0.29) is 21.9 Å². The first-order valence-corrected chi connectivity index (χ1v) is 8.63. The molecule has 0 radical (unpaired) electrons.